The molecular weight excluding hydrogens is 256 g/mol. The second-order valence-electron chi connectivity index (χ2n) is 5.28. The molecule has 3 aromatic rings. The van der Waals surface area contributed by atoms with E-state index in [0.717, 1.165) is 11.9 Å². The van der Waals surface area contributed by atoms with Gasteiger partial charge in [0, 0.05) is 17.6 Å². The first-order chi connectivity index (χ1) is 10.3. The Morgan fingerprint density at radius 2 is 1.76 bits per heavy atom. The summed E-state index contributed by atoms with van der Waals surface area (Å²) < 4.78 is 0. The molecular formula is C19H20N2. The molecule has 0 fully saturated rings. The van der Waals surface area contributed by atoms with Crippen molar-refractivity contribution in [1.82, 2.24) is 10.3 Å². The minimum atomic E-state index is 0.430. The molecule has 0 aliphatic rings. The number of rotatable bonds is 4. The topological polar surface area (TPSA) is 24.9 Å². The van der Waals surface area contributed by atoms with Crippen LogP contribution in [0.3, 0.4) is 0 Å². The van der Waals surface area contributed by atoms with Crippen molar-refractivity contribution in [1.29, 1.82) is 0 Å². The van der Waals surface area contributed by atoms with E-state index in [9.17, 15) is 0 Å². The Hall–Kier alpha value is -2.19. The first-order valence-electron chi connectivity index (χ1n) is 7.44. The van der Waals surface area contributed by atoms with Gasteiger partial charge in [0.2, 0.25) is 0 Å². The molecule has 0 saturated heterocycles. The van der Waals surface area contributed by atoms with E-state index >= 15 is 0 Å². The third kappa shape index (κ3) is 2.81. The third-order valence-corrected chi connectivity index (χ3v) is 4.01. The van der Waals surface area contributed by atoms with Gasteiger partial charge in [0.25, 0.3) is 0 Å². The lowest BCUT2D eigenvalue weighted by atomic mass is 9.99. The molecule has 2 nitrogen and oxygen atoms in total. The molecule has 0 spiro atoms. The Morgan fingerprint density at radius 1 is 1.00 bits per heavy atom. The SMILES string of the molecule is CCC(NC)c1ccc(-c2ccc3ncccc3c2)cc1. The van der Waals surface area contributed by atoms with Crippen LogP contribution in [0.5, 0.6) is 0 Å². The van der Waals surface area contributed by atoms with Crippen LogP contribution in [-0.4, -0.2) is 12.0 Å². The van der Waals surface area contributed by atoms with Gasteiger partial charge in [-0.05, 0) is 48.4 Å². The number of aromatic nitrogens is 1. The highest BCUT2D eigenvalue weighted by Gasteiger charge is 2.06. The maximum Gasteiger partial charge on any atom is 0.0702 e. The fraction of sp³-hybridized carbons (Fsp3) is 0.211. The second kappa shape index (κ2) is 6.06. The molecule has 21 heavy (non-hydrogen) atoms. The smallest absolute Gasteiger partial charge is 0.0702 e. The number of nitrogens with one attached hydrogen (secondary N) is 1. The molecule has 2 heteroatoms. The van der Waals surface area contributed by atoms with E-state index in [4.69, 9.17) is 0 Å². The summed E-state index contributed by atoms with van der Waals surface area (Å²) in [5.74, 6) is 0. The Kier molecular flexibility index (Phi) is 3.98. The Morgan fingerprint density at radius 3 is 2.48 bits per heavy atom. The van der Waals surface area contributed by atoms with Crippen molar-refractivity contribution in [3.8, 4) is 11.1 Å². The van der Waals surface area contributed by atoms with E-state index in [1.54, 1.807) is 0 Å². The molecule has 1 heterocycles. The van der Waals surface area contributed by atoms with Crippen LogP contribution in [0.1, 0.15) is 24.9 Å². The zero-order valence-corrected chi connectivity index (χ0v) is 12.5. The van der Waals surface area contributed by atoms with Crippen molar-refractivity contribution in [2.45, 2.75) is 19.4 Å². The minimum absolute atomic E-state index is 0.430. The van der Waals surface area contributed by atoms with Crippen LogP contribution in [-0.2, 0) is 0 Å². The molecule has 2 aromatic carbocycles. The number of fused-ring (bicyclic) bond motifs is 1. The molecule has 1 unspecified atom stereocenters. The lowest BCUT2D eigenvalue weighted by Crippen LogP contribution is -2.14. The first-order valence-corrected chi connectivity index (χ1v) is 7.44. The Bertz CT molecular complexity index is 728. The molecule has 0 amide bonds. The molecule has 0 saturated carbocycles. The van der Waals surface area contributed by atoms with Crippen LogP contribution in [0.4, 0.5) is 0 Å². The van der Waals surface area contributed by atoms with Crippen LogP contribution in [0, 0.1) is 0 Å². The predicted octanol–water partition coefficient (Wildman–Crippen LogP) is 4.57. The molecule has 0 aliphatic carbocycles. The fourth-order valence-electron chi connectivity index (χ4n) is 2.77. The molecule has 0 bridgehead atoms. The Balaban J connectivity index is 1.95. The molecule has 1 aromatic heterocycles. The van der Waals surface area contributed by atoms with Crippen LogP contribution in [0.25, 0.3) is 22.0 Å². The number of hydrogen-bond acceptors (Lipinski definition) is 2. The van der Waals surface area contributed by atoms with Crippen LogP contribution >= 0.6 is 0 Å². The average molecular weight is 276 g/mol. The van der Waals surface area contributed by atoms with Crippen molar-refractivity contribution < 1.29 is 0 Å². The normalized spacial score (nSPS) is 12.5. The average Bonchev–Trinajstić information content (AvgIpc) is 2.56. The molecule has 1 N–H and O–H groups in total. The summed E-state index contributed by atoms with van der Waals surface area (Å²) in [5, 5.41) is 4.52. The lowest BCUT2D eigenvalue weighted by molar-refractivity contribution is 0.577. The van der Waals surface area contributed by atoms with E-state index < -0.39 is 0 Å². The summed E-state index contributed by atoms with van der Waals surface area (Å²) in [5.41, 5.74) is 4.86. The fourth-order valence-corrected chi connectivity index (χ4v) is 2.77. The summed E-state index contributed by atoms with van der Waals surface area (Å²) in [6.07, 6.45) is 2.93. The van der Waals surface area contributed by atoms with E-state index in [0.29, 0.717) is 6.04 Å². The second-order valence-corrected chi connectivity index (χ2v) is 5.28. The van der Waals surface area contributed by atoms with Gasteiger partial charge >= 0.3 is 0 Å². The summed E-state index contributed by atoms with van der Waals surface area (Å²) >= 11 is 0. The van der Waals surface area contributed by atoms with E-state index in [2.05, 4.69) is 65.8 Å². The van der Waals surface area contributed by atoms with Gasteiger partial charge in [-0.25, -0.2) is 0 Å². The highest BCUT2D eigenvalue weighted by atomic mass is 14.9. The van der Waals surface area contributed by atoms with Crippen molar-refractivity contribution in [2.75, 3.05) is 7.05 Å². The quantitative estimate of drug-likeness (QED) is 0.755. The number of benzene rings is 2. The molecule has 0 aliphatic heterocycles. The van der Waals surface area contributed by atoms with Gasteiger partial charge < -0.3 is 5.32 Å². The van der Waals surface area contributed by atoms with Gasteiger partial charge in [-0.1, -0.05) is 43.3 Å². The van der Waals surface area contributed by atoms with Gasteiger partial charge in [-0.2, -0.15) is 0 Å². The minimum Gasteiger partial charge on any atom is -0.313 e. The van der Waals surface area contributed by atoms with Gasteiger partial charge in [0.15, 0.2) is 0 Å². The number of nitrogens with zero attached hydrogens (tertiary/aromatic N) is 1. The zero-order chi connectivity index (χ0) is 14.7. The predicted molar refractivity (Wildman–Crippen MR) is 89.3 cm³/mol. The number of hydrogen-bond donors (Lipinski definition) is 1. The molecule has 0 radical (unpaired) electrons. The lowest BCUT2D eigenvalue weighted by Gasteiger charge is -2.14. The largest absolute Gasteiger partial charge is 0.313 e. The maximum absolute atomic E-state index is 4.37. The van der Waals surface area contributed by atoms with Crippen molar-refractivity contribution in [2.24, 2.45) is 0 Å². The van der Waals surface area contributed by atoms with Gasteiger partial charge in [0.05, 0.1) is 5.52 Å². The summed E-state index contributed by atoms with van der Waals surface area (Å²) in [7, 11) is 2.01. The highest BCUT2D eigenvalue weighted by molar-refractivity contribution is 5.84. The Labute approximate surface area is 125 Å². The van der Waals surface area contributed by atoms with E-state index in [1.165, 1.54) is 22.1 Å². The van der Waals surface area contributed by atoms with Crippen LogP contribution in [0.2, 0.25) is 0 Å². The van der Waals surface area contributed by atoms with Crippen LogP contribution in [0.15, 0.2) is 60.8 Å². The standard InChI is InChI=1S/C19H20N2/c1-3-18(20-2)15-8-6-14(7-9-15)16-10-11-19-17(13-16)5-4-12-21-19/h4-13,18,20H,3H2,1-2H3. The van der Waals surface area contributed by atoms with Crippen molar-refractivity contribution >= 4 is 10.9 Å². The van der Waals surface area contributed by atoms with Gasteiger partial charge in [-0.15, -0.1) is 0 Å². The van der Waals surface area contributed by atoms with Crippen molar-refractivity contribution in [3.05, 3.63) is 66.4 Å². The monoisotopic (exact) mass is 276 g/mol. The van der Waals surface area contributed by atoms with Crippen molar-refractivity contribution in [3.63, 3.8) is 0 Å². The maximum atomic E-state index is 4.37. The number of pyridine rings is 1. The highest BCUT2D eigenvalue weighted by Crippen LogP contribution is 2.25. The molecule has 1 atom stereocenters. The summed E-state index contributed by atoms with van der Waals surface area (Å²) in [4.78, 5) is 4.37. The van der Waals surface area contributed by atoms with Gasteiger partial charge in [0.1, 0.15) is 0 Å². The first kappa shape index (κ1) is 13.8. The van der Waals surface area contributed by atoms with E-state index in [-0.39, 0.29) is 0 Å². The van der Waals surface area contributed by atoms with Crippen LogP contribution < -0.4 is 5.32 Å². The summed E-state index contributed by atoms with van der Waals surface area (Å²) in [6, 6.07) is 19.8. The summed E-state index contributed by atoms with van der Waals surface area (Å²) in [6.45, 7) is 2.20. The molecule has 3 rings (SSSR count). The van der Waals surface area contributed by atoms with E-state index in [1.807, 2.05) is 19.3 Å². The zero-order valence-electron chi connectivity index (χ0n) is 12.5. The van der Waals surface area contributed by atoms with Gasteiger partial charge in [-0.3, -0.25) is 4.98 Å². The third-order valence-electron chi connectivity index (χ3n) is 4.01. The molecule has 106 valence electrons.